The maximum absolute atomic E-state index is 11.6. The molecular formula is C13H17NO3. The highest BCUT2D eigenvalue weighted by molar-refractivity contribution is 5.93. The Balaban J connectivity index is 2.55. The number of nitrogens with zero attached hydrogens (tertiary/aromatic N) is 1. The monoisotopic (exact) mass is 235 g/mol. The molecule has 0 aliphatic carbocycles. The molecule has 1 aromatic rings. The van der Waals surface area contributed by atoms with E-state index in [-0.39, 0.29) is 5.91 Å². The van der Waals surface area contributed by atoms with Gasteiger partial charge in [-0.25, -0.2) is 0 Å². The first-order valence-corrected chi connectivity index (χ1v) is 5.70. The molecule has 1 heterocycles. The Bertz CT molecular complexity index is 443. The molecule has 1 aliphatic rings. The molecule has 0 unspecified atom stereocenters. The van der Waals surface area contributed by atoms with E-state index in [1.165, 1.54) is 0 Å². The van der Waals surface area contributed by atoms with Crippen LogP contribution in [0.5, 0.6) is 11.5 Å². The molecule has 1 aliphatic heterocycles. The minimum absolute atomic E-state index is 0.0567. The van der Waals surface area contributed by atoms with E-state index in [1.54, 1.807) is 26.0 Å². The smallest absolute Gasteiger partial charge is 0.223 e. The molecule has 0 atom stereocenters. The van der Waals surface area contributed by atoms with Gasteiger partial charge in [0.2, 0.25) is 5.91 Å². The molecule has 0 N–H and O–H groups in total. The fraction of sp³-hybridized carbons (Fsp3) is 0.462. The van der Waals surface area contributed by atoms with Gasteiger partial charge in [-0.15, -0.1) is 0 Å². The normalized spacial score (nSPS) is 14.2. The number of hydrogen-bond donors (Lipinski definition) is 0. The second kappa shape index (κ2) is 4.65. The molecule has 0 aromatic heterocycles. The fourth-order valence-corrected chi connectivity index (χ4v) is 2.26. The zero-order valence-electron chi connectivity index (χ0n) is 10.4. The minimum atomic E-state index is 0.0567. The molecular weight excluding hydrogens is 218 g/mol. The van der Waals surface area contributed by atoms with Gasteiger partial charge in [-0.3, -0.25) is 4.79 Å². The second-order valence-corrected chi connectivity index (χ2v) is 4.10. The van der Waals surface area contributed by atoms with Crippen LogP contribution in [0.2, 0.25) is 0 Å². The minimum Gasteiger partial charge on any atom is -0.497 e. The lowest BCUT2D eigenvalue weighted by atomic mass is 10.00. The maximum Gasteiger partial charge on any atom is 0.223 e. The highest BCUT2D eigenvalue weighted by atomic mass is 16.5. The summed E-state index contributed by atoms with van der Waals surface area (Å²) in [5.41, 5.74) is 2.01. The SMILES string of the molecule is COc1cc(OC)c2c(c1)N(C(C)=O)CCC2. The molecule has 0 spiro atoms. The van der Waals surface area contributed by atoms with E-state index in [1.807, 2.05) is 12.1 Å². The van der Waals surface area contributed by atoms with Crippen LogP contribution in [0.4, 0.5) is 5.69 Å². The third-order valence-electron chi connectivity index (χ3n) is 3.09. The molecule has 0 fully saturated rings. The molecule has 4 nitrogen and oxygen atoms in total. The number of hydrogen-bond acceptors (Lipinski definition) is 3. The zero-order valence-corrected chi connectivity index (χ0v) is 10.4. The average Bonchev–Trinajstić information content (AvgIpc) is 2.36. The van der Waals surface area contributed by atoms with Crippen molar-refractivity contribution in [3.05, 3.63) is 17.7 Å². The summed E-state index contributed by atoms with van der Waals surface area (Å²) < 4.78 is 10.6. The van der Waals surface area contributed by atoms with E-state index in [9.17, 15) is 4.79 Å². The first-order valence-electron chi connectivity index (χ1n) is 5.70. The van der Waals surface area contributed by atoms with Crippen molar-refractivity contribution < 1.29 is 14.3 Å². The highest BCUT2D eigenvalue weighted by Crippen LogP contribution is 2.38. The van der Waals surface area contributed by atoms with Crippen molar-refractivity contribution in [3.8, 4) is 11.5 Å². The van der Waals surface area contributed by atoms with Gasteiger partial charge in [-0.1, -0.05) is 0 Å². The van der Waals surface area contributed by atoms with E-state index >= 15 is 0 Å². The van der Waals surface area contributed by atoms with Crippen molar-refractivity contribution in [2.45, 2.75) is 19.8 Å². The van der Waals surface area contributed by atoms with E-state index in [2.05, 4.69) is 0 Å². The number of carbonyl (C=O) groups is 1. The Labute approximate surface area is 101 Å². The van der Waals surface area contributed by atoms with Crippen LogP contribution < -0.4 is 14.4 Å². The summed E-state index contributed by atoms with van der Waals surface area (Å²) in [7, 11) is 3.25. The topological polar surface area (TPSA) is 38.8 Å². The summed E-state index contributed by atoms with van der Waals surface area (Å²) in [6, 6.07) is 3.76. The van der Waals surface area contributed by atoms with Crippen molar-refractivity contribution in [1.29, 1.82) is 0 Å². The van der Waals surface area contributed by atoms with Gasteiger partial charge in [0, 0.05) is 31.2 Å². The lowest BCUT2D eigenvalue weighted by molar-refractivity contribution is -0.116. The Hall–Kier alpha value is -1.71. The number of anilines is 1. The molecule has 2 rings (SSSR count). The zero-order chi connectivity index (χ0) is 12.4. The van der Waals surface area contributed by atoms with Crippen molar-refractivity contribution >= 4 is 11.6 Å². The van der Waals surface area contributed by atoms with E-state index in [0.29, 0.717) is 5.75 Å². The standard InChI is InChI=1S/C13H17NO3/c1-9(15)14-6-4-5-11-12(14)7-10(16-2)8-13(11)17-3/h7-8H,4-6H2,1-3H3. The largest absolute Gasteiger partial charge is 0.497 e. The first-order chi connectivity index (χ1) is 8.17. The molecule has 0 saturated heterocycles. The van der Waals surface area contributed by atoms with E-state index in [0.717, 1.165) is 36.4 Å². The van der Waals surface area contributed by atoms with Gasteiger partial charge in [-0.2, -0.15) is 0 Å². The third kappa shape index (κ3) is 2.07. The van der Waals surface area contributed by atoms with Gasteiger partial charge in [0.25, 0.3) is 0 Å². The van der Waals surface area contributed by atoms with E-state index < -0.39 is 0 Å². The summed E-state index contributed by atoms with van der Waals surface area (Å²) in [5, 5.41) is 0. The summed E-state index contributed by atoms with van der Waals surface area (Å²) in [6.45, 7) is 2.35. The van der Waals surface area contributed by atoms with Crippen LogP contribution in [0, 0.1) is 0 Å². The molecule has 17 heavy (non-hydrogen) atoms. The fourth-order valence-electron chi connectivity index (χ4n) is 2.26. The lowest BCUT2D eigenvalue weighted by Crippen LogP contribution is -2.33. The molecule has 1 aromatic carbocycles. The van der Waals surface area contributed by atoms with Crippen LogP contribution in [-0.4, -0.2) is 26.7 Å². The van der Waals surface area contributed by atoms with Gasteiger partial charge in [-0.05, 0) is 12.8 Å². The molecule has 0 bridgehead atoms. The van der Waals surface area contributed by atoms with Gasteiger partial charge < -0.3 is 14.4 Å². The Morgan fingerprint density at radius 3 is 2.65 bits per heavy atom. The van der Waals surface area contributed by atoms with Crippen LogP contribution in [-0.2, 0) is 11.2 Å². The van der Waals surface area contributed by atoms with Gasteiger partial charge in [0.1, 0.15) is 11.5 Å². The van der Waals surface area contributed by atoms with Crippen molar-refractivity contribution in [2.24, 2.45) is 0 Å². The number of amides is 1. The molecule has 0 radical (unpaired) electrons. The summed E-state index contributed by atoms with van der Waals surface area (Å²) >= 11 is 0. The third-order valence-corrected chi connectivity index (χ3v) is 3.09. The molecule has 92 valence electrons. The number of carbonyl (C=O) groups excluding carboxylic acids is 1. The number of rotatable bonds is 2. The number of fused-ring (bicyclic) bond motifs is 1. The van der Waals surface area contributed by atoms with Crippen LogP contribution >= 0.6 is 0 Å². The summed E-state index contributed by atoms with van der Waals surface area (Å²) in [4.78, 5) is 13.4. The summed E-state index contributed by atoms with van der Waals surface area (Å²) in [5.74, 6) is 1.57. The maximum atomic E-state index is 11.6. The van der Waals surface area contributed by atoms with Crippen LogP contribution in [0.15, 0.2) is 12.1 Å². The average molecular weight is 235 g/mol. The number of methoxy groups -OCH3 is 2. The van der Waals surface area contributed by atoms with E-state index in [4.69, 9.17) is 9.47 Å². The Morgan fingerprint density at radius 1 is 1.29 bits per heavy atom. The quantitative estimate of drug-likeness (QED) is 0.787. The van der Waals surface area contributed by atoms with Gasteiger partial charge in [0.15, 0.2) is 0 Å². The molecule has 0 saturated carbocycles. The summed E-state index contributed by atoms with van der Waals surface area (Å²) in [6.07, 6.45) is 1.90. The predicted octanol–water partition coefficient (Wildman–Crippen LogP) is 2.00. The number of benzene rings is 1. The molecule has 1 amide bonds. The van der Waals surface area contributed by atoms with Gasteiger partial charge in [0.05, 0.1) is 19.9 Å². The molecule has 4 heteroatoms. The predicted molar refractivity (Wildman–Crippen MR) is 65.9 cm³/mol. The Morgan fingerprint density at radius 2 is 2.06 bits per heavy atom. The number of ether oxygens (including phenoxy) is 2. The highest BCUT2D eigenvalue weighted by Gasteiger charge is 2.23. The lowest BCUT2D eigenvalue weighted by Gasteiger charge is -2.30. The van der Waals surface area contributed by atoms with Crippen LogP contribution in [0.3, 0.4) is 0 Å². The van der Waals surface area contributed by atoms with Crippen molar-refractivity contribution in [2.75, 3.05) is 25.7 Å². The van der Waals surface area contributed by atoms with Crippen molar-refractivity contribution in [1.82, 2.24) is 0 Å². The Kier molecular flexibility index (Phi) is 3.22. The first kappa shape index (κ1) is 11.8. The van der Waals surface area contributed by atoms with Crippen molar-refractivity contribution in [3.63, 3.8) is 0 Å². The van der Waals surface area contributed by atoms with Crippen LogP contribution in [0.25, 0.3) is 0 Å². The van der Waals surface area contributed by atoms with Gasteiger partial charge >= 0.3 is 0 Å². The van der Waals surface area contributed by atoms with Crippen LogP contribution in [0.1, 0.15) is 18.9 Å². The second-order valence-electron chi connectivity index (χ2n) is 4.10.